The van der Waals surface area contributed by atoms with Crippen molar-refractivity contribution in [3.8, 4) is 0 Å². The van der Waals surface area contributed by atoms with E-state index in [2.05, 4.69) is 21.9 Å². The Kier molecular flexibility index (Phi) is 6.78. The Hall–Kier alpha value is -1.05. The van der Waals surface area contributed by atoms with Crippen molar-refractivity contribution in [1.82, 2.24) is 14.9 Å². The molecule has 8 heteroatoms. The summed E-state index contributed by atoms with van der Waals surface area (Å²) in [6.07, 6.45) is 6.23. The molecular weight excluding hydrogens is 360 g/mol. The van der Waals surface area contributed by atoms with Crippen molar-refractivity contribution in [1.29, 1.82) is 0 Å². The second kappa shape index (κ2) is 9.05. The first-order valence-corrected chi connectivity index (χ1v) is 10.3. The Balaban J connectivity index is 1.61. The average Bonchev–Trinajstić information content (AvgIpc) is 2.66. The van der Waals surface area contributed by atoms with Gasteiger partial charge in [0.05, 0.1) is 19.0 Å². The summed E-state index contributed by atoms with van der Waals surface area (Å²) in [5.74, 6) is 1.26. The molecule has 1 saturated carbocycles. The molecule has 0 bridgehead atoms. The second-order valence-electron chi connectivity index (χ2n) is 6.52. The van der Waals surface area contributed by atoms with Crippen molar-refractivity contribution in [2.45, 2.75) is 43.3 Å². The third-order valence-electron chi connectivity index (χ3n) is 4.83. The van der Waals surface area contributed by atoms with Gasteiger partial charge in [-0.1, -0.05) is 42.6 Å². The molecule has 1 aromatic heterocycles. The molecule has 0 radical (unpaired) electrons. The Morgan fingerprint density at radius 3 is 2.76 bits per heavy atom. The molecule has 1 aromatic rings. The zero-order chi connectivity index (χ0) is 17.6. The van der Waals surface area contributed by atoms with Crippen molar-refractivity contribution in [2.24, 2.45) is 0 Å². The molecular formula is C17H25ClN4O2S. The summed E-state index contributed by atoms with van der Waals surface area (Å²) in [6, 6.07) is 2.32. The first-order valence-electron chi connectivity index (χ1n) is 8.89. The molecule has 138 valence electrons. The molecule has 0 spiro atoms. The minimum Gasteiger partial charge on any atom is -0.378 e. The van der Waals surface area contributed by atoms with E-state index in [9.17, 15) is 4.79 Å². The summed E-state index contributed by atoms with van der Waals surface area (Å²) < 4.78 is 5.28. The minimum absolute atomic E-state index is 0.0964. The highest BCUT2D eigenvalue weighted by atomic mass is 35.5. The molecule has 0 N–H and O–H groups in total. The van der Waals surface area contributed by atoms with Gasteiger partial charge in [0, 0.05) is 32.2 Å². The number of aromatic nitrogens is 2. The highest BCUT2D eigenvalue weighted by Gasteiger charge is 2.21. The highest BCUT2D eigenvalue weighted by molar-refractivity contribution is 7.99. The number of thioether (sulfide) groups is 1. The lowest BCUT2D eigenvalue weighted by Gasteiger charge is -2.32. The number of nitrogens with zero attached hydrogens (tertiary/aromatic N) is 4. The van der Waals surface area contributed by atoms with E-state index in [0.29, 0.717) is 48.4 Å². The predicted octanol–water partition coefficient (Wildman–Crippen LogP) is 2.85. The number of hydrogen-bond acceptors (Lipinski definition) is 6. The van der Waals surface area contributed by atoms with Crippen LogP contribution in [-0.2, 0) is 9.53 Å². The smallest absolute Gasteiger partial charge is 0.233 e. The Morgan fingerprint density at radius 1 is 1.32 bits per heavy atom. The monoisotopic (exact) mass is 384 g/mol. The number of rotatable bonds is 5. The lowest BCUT2D eigenvalue weighted by molar-refractivity contribution is -0.132. The van der Waals surface area contributed by atoms with Gasteiger partial charge in [-0.25, -0.2) is 9.97 Å². The van der Waals surface area contributed by atoms with Gasteiger partial charge in [0.25, 0.3) is 0 Å². The van der Waals surface area contributed by atoms with Crippen LogP contribution in [0.2, 0.25) is 5.15 Å². The van der Waals surface area contributed by atoms with Crippen LogP contribution in [0.15, 0.2) is 11.2 Å². The van der Waals surface area contributed by atoms with E-state index in [4.69, 9.17) is 16.3 Å². The third-order valence-corrected chi connectivity index (χ3v) is 5.86. The summed E-state index contributed by atoms with van der Waals surface area (Å²) in [6.45, 7) is 2.54. The van der Waals surface area contributed by atoms with Gasteiger partial charge in [0.1, 0.15) is 11.0 Å². The molecule has 0 aromatic carbocycles. The van der Waals surface area contributed by atoms with Crippen LogP contribution in [0, 0.1) is 0 Å². The fraction of sp³-hybridized carbons (Fsp3) is 0.706. The van der Waals surface area contributed by atoms with E-state index in [1.165, 1.54) is 43.9 Å². The van der Waals surface area contributed by atoms with E-state index in [1.807, 2.05) is 11.0 Å². The number of halogens is 1. The largest absolute Gasteiger partial charge is 0.378 e. The highest BCUT2D eigenvalue weighted by Crippen LogP contribution is 2.27. The summed E-state index contributed by atoms with van der Waals surface area (Å²) >= 11 is 7.54. The van der Waals surface area contributed by atoms with Crippen molar-refractivity contribution < 1.29 is 9.53 Å². The Bertz CT molecular complexity index is 592. The first-order chi connectivity index (χ1) is 12.1. The van der Waals surface area contributed by atoms with E-state index in [-0.39, 0.29) is 5.91 Å². The van der Waals surface area contributed by atoms with Crippen LogP contribution in [0.1, 0.15) is 32.1 Å². The zero-order valence-corrected chi connectivity index (χ0v) is 16.2. The minimum atomic E-state index is 0.0964. The normalized spacial score (nSPS) is 19.0. The number of carbonyl (C=O) groups is 1. The molecule has 1 aliphatic heterocycles. The summed E-state index contributed by atoms with van der Waals surface area (Å²) in [5, 5.41) is 0.987. The van der Waals surface area contributed by atoms with Crippen LogP contribution in [-0.4, -0.2) is 65.9 Å². The van der Waals surface area contributed by atoms with Gasteiger partial charge >= 0.3 is 0 Å². The summed E-state index contributed by atoms with van der Waals surface area (Å²) in [7, 11) is 2.07. The maximum atomic E-state index is 12.3. The van der Waals surface area contributed by atoms with Gasteiger partial charge in [-0.2, -0.15) is 0 Å². The summed E-state index contributed by atoms with van der Waals surface area (Å²) in [4.78, 5) is 25.2. The average molecular weight is 385 g/mol. The van der Waals surface area contributed by atoms with Crippen molar-refractivity contribution in [2.75, 3.05) is 44.0 Å². The summed E-state index contributed by atoms with van der Waals surface area (Å²) in [5.41, 5.74) is 0. The number of hydrogen-bond donors (Lipinski definition) is 0. The molecule has 2 fully saturated rings. The molecule has 2 heterocycles. The van der Waals surface area contributed by atoms with E-state index in [0.717, 1.165) is 5.82 Å². The van der Waals surface area contributed by atoms with Gasteiger partial charge in [-0.05, 0) is 12.8 Å². The van der Waals surface area contributed by atoms with Gasteiger partial charge in [-0.15, -0.1) is 0 Å². The van der Waals surface area contributed by atoms with Crippen molar-refractivity contribution in [3.63, 3.8) is 0 Å². The molecule has 2 aliphatic rings. The predicted molar refractivity (Wildman–Crippen MR) is 100 cm³/mol. The topological polar surface area (TPSA) is 58.6 Å². The van der Waals surface area contributed by atoms with Crippen LogP contribution in [0.3, 0.4) is 0 Å². The van der Waals surface area contributed by atoms with Crippen LogP contribution in [0.25, 0.3) is 0 Å². The quantitative estimate of drug-likeness (QED) is 0.442. The van der Waals surface area contributed by atoms with Crippen LogP contribution in [0.4, 0.5) is 5.82 Å². The van der Waals surface area contributed by atoms with Gasteiger partial charge in [0.2, 0.25) is 5.91 Å². The molecule has 0 atom stereocenters. The van der Waals surface area contributed by atoms with E-state index >= 15 is 0 Å². The number of morpholine rings is 1. The molecule has 25 heavy (non-hydrogen) atoms. The maximum Gasteiger partial charge on any atom is 0.233 e. The number of anilines is 1. The number of carbonyl (C=O) groups excluding carboxylic acids is 1. The Morgan fingerprint density at radius 2 is 2.04 bits per heavy atom. The fourth-order valence-corrected chi connectivity index (χ4v) is 4.30. The van der Waals surface area contributed by atoms with Crippen LogP contribution >= 0.6 is 23.4 Å². The molecule has 3 rings (SSSR count). The molecule has 6 nitrogen and oxygen atoms in total. The van der Waals surface area contributed by atoms with Gasteiger partial charge in [0.15, 0.2) is 5.16 Å². The first kappa shape index (κ1) is 18.7. The standard InChI is InChI=1S/C17H25ClN4O2S/c1-21(13-5-3-2-4-6-13)15-11-14(18)19-17(20-15)25-12-16(23)22-7-9-24-10-8-22/h11,13H,2-10,12H2,1H3. The van der Waals surface area contributed by atoms with Crippen LogP contribution in [0.5, 0.6) is 0 Å². The molecule has 1 aliphatic carbocycles. The molecule has 1 saturated heterocycles. The van der Waals surface area contributed by atoms with Gasteiger partial charge in [-0.3, -0.25) is 4.79 Å². The maximum absolute atomic E-state index is 12.3. The van der Waals surface area contributed by atoms with E-state index < -0.39 is 0 Å². The lowest BCUT2D eigenvalue weighted by Crippen LogP contribution is -2.41. The second-order valence-corrected chi connectivity index (χ2v) is 7.85. The number of ether oxygens (including phenoxy) is 1. The van der Waals surface area contributed by atoms with Crippen molar-refractivity contribution >= 4 is 35.1 Å². The number of amides is 1. The SMILES string of the molecule is CN(c1cc(Cl)nc(SCC(=O)N2CCOCC2)n1)C1CCCCC1. The van der Waals surface area contributed by atoms with E-state index in [1.54, 1.807) is 0 Å². The molecule has 0 unspecified atom stereocenters. The lowest BCUT2D eigenvalue weighted by atomic mass is 9.94. The van der Waals surface area contributed by atoms with Gasteiger partial charge < -0.3 is 14.5 Å². The zero-order valence-electron chi connectivity index (χ0n) is 14.6. The van der Waals surface area contributed by atoms with Crippen molar-refractivity contribution in [3.05, 3.63) is 11.2 Å². The molecule has 1 amide bonds. The fourth-order valence-electron chi connectivity index (χ4n) is 3.32. The van der Waals surface area contributed by atoms with Crippen LogP contribution < -0.4 is 4.90 Å². The Labute approximate surface area is 158 Å². The third kappa shape index (κ3) is 5.21.